The van der Waals surface area contributed by atoms with Crippen LogP contribution in [0.4, 0.5) is 0 Å². The molecule has 0 bridgehead atoms. The van der Waals surface area contributed by atoms with Crippen molar-refractivity contribution >= 4 is 21.9 Å². The molecule has 5 nitrogen and oxygen atoms in total. The molecule has 0 atom stereocenters. The summed E-state index contributed by atoms with van der Waals surface area (Å²) in [4.78, 5) is 25.8. The Morgan fingerprint density at radius 1 is 1.50 bits per heavy atom. The largest absolute Gasteiger partial charge is 0.481 e. The lowest BCUT2D eigenvalue weighted by Gasteiger charge is -1.92. The Labute approximate surface area is 75.9 Å². The van der Waals surface area contributed by atoms with Gasteiger partial charge in [-0.3, -0.25) is 4.79 Å². The zero-order valence-corrected chi connectivity index (χ0v) is 7.64. The van der Waals surface area contributed by atoms with Crippen LogP contribution in [0.15, 0.2) is 9.40 Å². The number of aliphatic carboxylic acids is 1. The topological polar surface area (TPSA) is 85.9 Å². The van der Waals surface area contributed by atoms with Gasteiger partial charge in [0.25, 0.3) is 0 Å². The number of halogens is 1. The third-order valence-corrected chi connectivity index (χ3v) is 2.02. The molecule has 0 spiro atoms. The number of carbonyl (C=O) groups is 1. The fourth-order valence-corrected chi connectivity index (χ4v) is 1.28. The number of nitrogens with one attached hydrogen (secondary N) is 2. The average Bonchev–Trinajstić information content (AvgIpc) is 2.26. The second-order valence-electron chi connectivity index (χ2n) is 2.27. The number of carboxylic acids is 1. The van der Waals surface area contributed by atoms with Gasteiger partial charge in [-0.25, -0.2) is 4.79 Å². The molecule has 1 heterocycles. The maximum absolute atomic E-state index is 10.7. The number of aromatic nitrogens is 2. The first-order chi connectivity index (χ1) is 5.59. The van der Waals surface area contributed by atoms with Crippen molar-refractivity contribution < 1.29 is 9.90 Å². The molecule has 0 radical (unpaired) electrons. The third kappa shape index (κ3) is 2.23. The Bertz CT molecular complexity index is 341. The molecule has 0 unspecified atom stereocenters. The van der Waals surface area contributed by atoms with E-state index in [0.717, 1.165) is 0 Å². The number of H-pyrrole nitrogens is 2. The average molecular weight is 235 g/mol. The van der Waals surface area contributed by atoms with Crippen LogP contribution in [-0.4, -0.2) is 21.0 Å². The minimum absolute atomic E-state index is 0.00634. The van der Waals surface area contributed by atoms with Gasteiger partial charge in [0.15, 0.2) is 0 Å². The molecule has 6 heteroatoms. The van der Waals surface area contributed by atoms with Crippen LogP contribution in [0.5, 0.6) is 0 Å². The zero-order valence-electron chi connectivity index (χ0n) is 6.06. The van der Waals surface area contributed by atoms with Gasteiger partial charge < -0.3 is 15.1 Å². The Morgan fingerprint density at radius 2 is 2.17 bits per heavy atom. The predicted octanol–water partition coefficient (Wildman–Crippen LogP) is 0.483. The molecule has 0 saturated heterocycles. The minimum atomic E-state index is -0.885. The van der Waals surface area contributed by atoms with Gasteiger partial charge in [-0.1, -0.05) is 0 Å². The van der Waals surface area contributed by atoms with Crippen molar-refractivity contribution in [2.75, 3.05) is 0 Å². The van der Waals surface area contributed by atoms with Crippen LogP contribution in [0, 0.1) is 0 Å². The van der Waals surface area contributed by atoms with Crippen molar-refractivity contribution in [2.45, 2.75) is 12.8 Å². The second-order valence-corrected chi connectivity index (χ2v) is 3.06. The fourth-order valence-electron chi connectivity index (χ4n) is 0.802. The van der Waals surface area contributed by atoms with Gasteiger partial charge in [0.1, 0.15) is 4.60 Å². The lowest BCUT2D eigenvalue weighted by Crippen LogP contribution is -2.02. The smallest absolute Gasteiger partial charge is 0.323 e. The van der Waals surface area contributed by atoms with Gasteiger partial charge in [0, 0.05) is 6.42 Å². The molecule has 3 N–H and O–H groups in total. The summed E-state index contributed by atoms with van der Waals surface area (Å²) in [7, 11) is 0. The number of rotatable bonds is 3. The van der Waals surface area contributed by atoms with Gasteiger partial charge >= 0.3 is 11.7 Å². The quantitative estimate of drug-likeness (QED) is 0.712. The van der Waals surface area contributed by atoms with Crippen molar-refractivity contribution in [3.05, 3.63) is 20.8 Å². The number of imidazole rings is 1. The first-order valence-electron chi connectivity index (χ1n) is 3.28. The van der Waals surface area contributed by atoms with E-state index in [1.165, 1.54) is 0 Å². The predicted molar refractivity (Wildman–Crippen MR) is 45.1 cm³/mol. The summed E-state index contributed by atoms with van der Waals surface area (Å²) >= 11 is 3.09. The molecule has 12 heavy (non-hydrogen) atoms. The zero-order chi connectivity index (χ0) is 9.14. The summed E-state index contributed by atoms with van der Waals surface area (Å²) in [5.74, 6) is -0.885. The van der Waals surface area contributed by atoms with Crippen LogP contribution in [0.25, 0.3) is 0 Å². The van der Waals surface area contributed by atoms with Gasteiger partial charge in [0.05, 0.1) is 12.1 Å². The Morgan fingerprint density at radius 3 is 2.58 bits per heavy atom. The van der Waals surface area contributed by atoms with Gasteiger partial charge in [0.2, 0.25) is 0 Å². The highest BCUT2D eigenvalue weighted by Crippen LogP contribution is 2.10. The molecule has 0 saturated carbocycles. The summed E-state index contributed by atoms with van der Waals surface area (Å²) in [6.07, 6.45) is 0.320. The molecule has 0 aromatic carbocycles. The molecule has 0 fully saturated rings. The van der Waals surface area contributed by atoms with Gasteiger partial charge in [-0.15, -0.1) is 0 Å². The maximum atomic E-state index is 10.7. The first kappa shape index (κ1) is 9.05. The van der Waals surface area contributed by atoms with Crippen molar-refractivity contribution in [2.24, 2.45) is 0 Å². The summed E-state index contributed by atoms with van der Waals surface area (Å²) in [6, 6.07) is 0. The van der Waals surface area contributed by atoms with Crippen LogP contribution in [0.2, 0.25) is 0 Å². The molecular weight excluding hydrogens is 228 g/mol. The van der Waals surface area contributed by atoms with E-state index in [0.29, 0.717) is 16.7 Å². The molecule has 1 aromatic rings. The van der Waals surface area contributed by atoms with E-state index in [1.807, 2.05) is 0 Å². The van der Waals surface area contributed by atoms with E-state index in [9.17, 15) is 9.59 Å². The molecule has 66 valence electrons. The summed E-state index contributed by atoms with van der Waals surface area (Å²) in [5.41, 5.74) is 0.254. The van der Waals surface area contributed by atoms with Crippen LogP contribution < -0.4 is 5.69 Å². The highest BCUT2D eigenvalue weighted by Gasteiger charge is 2.05. The summed E-state index contributed by atoms with van der Waals surface area (Å²) in [6.45, 7) is 0. The first-order valence-corrected chi connectivity index (χ1v) is 4.07. The molecule has 1 rings (SSSR count). The van der Waals surface area contributed by atoms with E-state index in [-0.39, 0.29) is 12.1 Å². The van der Waals surface area contributed by atoms with E-state index in [4.69, 9.17) is 5.11 Å². The molecule has 1 aromatic heterocycles. The van der Waals surface area contributed by atoms with Crippen molar-refractivity contribution in [3.63, 3.8) is 0 Å². The highest BCUT2D eigenvalue weighted by atomic mass is 79.9. The van der Waals surface area contributed by atoms with E-state index < -0.39 is 5.97 Å². The Balaban J connectivity index is 2.69. The Kier molecular flexibility index (Phi) is 2.69. The molecular formula is C6H7BrN2O3. The summed E-state index contributed by atoms with van der Waals surface area (Å²) in [5, 5.41) is 8.35. The van der Waals surface area contributed by atoms with Crippen LogP contribution >= 0.6 is 15.9 Å². The fraction of sp³-hybridized carbons (Fsp3) is 0.333. The van der Waals surface area contributed by atoms with E-state index in [1.54, 1.807) is 0 Å². The monoisotopic (exact) mass is 234 g/mol. The number of carboxylic acid groups (broad SMARTS) is 1. The van der Waals surface area contributed by atoms with Crippen LogP contribution in [0.3, 0.4) is 0 Å². The number of hydrogen-bond acceptors (Lipinski definition) is 2. The molecule has 0 amide bonds. The van der Waals surface area contributed by atoms with Crippen LogP contribution in [-0.2, 0) is 11.2 Å². The molecule has 0 aliphatic rings. The standard InChI is InChI=1S/C6H7BrN2O3/c7-5-3(1-2-4(10)11)8-6(12)9-5/h1-2H2,(H,10,11)(H2,8,9,12). The van der Waals surface area contributed by atoms with Crippen molar-refractivity contribution in [1.82, 2.24) is 9.97 Å². The summed E-state index contributed by atoms with van der Waals surface area (Å²) < 4.78 is 0.522. The SMILES string of the molecule is O=C(O)CCc1[nH]c(=O)[nH]c1Br. The van der Waals surface area contributed by atoms with Crippen molar-refractivity contribution in [1.29, 1.82) is 0 Å². The number of aryl methyl sites for hydroxylation is 1. The maximum Gasteiger partial charge on any atom is 0.323 e. The van der Waals surface area contributed by atoms with Crippen LogP contribution in [0.1, 0.15) is 12.1 Å². The van der Waals surface area contributed by atoms with E-state index >= 15 is 0 Å². The second kappa shape index (κ2) is 3.57. The Hall–Kier alpha value is -1.04. The minimum Gasteiger partial charge on any atom is -0.481 e. The third-order valence-electron chi connectivity index (χ3n) is 1.34. The van der Waals surface area contributed by atoms with Gasteiger partial charge in [-0.05, 0) is 15.9 Å². The highest BCUT2D eigenvalue weighted by molar-refractivity contribution is 9.10. The lowest BCUT2D eigenvalue weighted by molar-refractivity contribution is -0.136. The van der Waals surface area contributed by atoms with Gasteiger partial charge in [-0.2, -0.15) is 0 Å². The lowest BCUT2D eigenvalue weighted by atomic mass is 10.2. The molecule has 0 aliphatic carbocycles. The molecule has 0 aliphatic heterocycles. The van der Waals surface area contributed by atoms with E-state index in [2.05, 4.69) is 25.9 Å². The number of hydrogen-bond donors (Lipinski definition) is 3. The normalized spacial score (nSPS) is 10.1. The number of aromatic amines is 2. The van der Waals surface area contributed by atoms with Crippen molar-refractivity contribution in [3.8, 4) is 0 Å².